The molecule has 1 aromatic rings. The Labute approximate surface area is 104 Å². The van der Waals surface area contributed by atoms with Crippen molar-refractivity contribution in [2.45, 2.75) is 0 Å². The van der Waals surface area contributed by atoms with E-state index >= 15 is 0 Å². The summed E-state index contributed by atoms with van der Waals surface area (Å²) in [6, 6.07) is 4.02. The van der Waals surface area contributed by atoms with Crippen LogP contribution in [0.15, 0.2) is 18.2 Å². The average Bonchev–Trinajstić information content (AvgIpc) is 2.25. The van der Waals surface area contributed by atoms with Gasteiger partial charge in [0.25, 0.3) is 0 Å². The summed E-state index contributed by atoms with van der Waals surface area (Å²) >= 11 is 5.67. The number of methoxy groups -OCH3 is 1. The van der Waals surface area contributed by atoms with E-state index in [9.17, 15) is 9.18 Å². The number of rotatable bonds is 6. The van der Waals surface area contributed by atoms with Gasteiger partial charge in [-0.05, 0) is 18.2 Å². The fourth-order valence-electron chi connectivity index (χ4n) is 1.19. The molecule has 0 aromatic heterocycles. The van der Waals surface area contributed by atoms with Crippen molar-refractivity contribution in [2.24, 2.45) is 0 Å². The Kier molecular flexibility index (Phi) is 5.72. The summed E-state index contributed by atoms with van der Waals surface area (Å²) in [6.07, 6.45) is 0. The predicted molar refractivity (Wildman–Crippen MR) is 64.8 cm³/mol. The second-order valence-corrected chi connectivity index (χ2v) is 3.79. The van der Waals surface area contributed by atoms with Gasteiger partial charge >= 0.3 is 0 Å². The molecule has 17 heavy (non-hydrogen) atoms. The predicted octanol–water partition coefficient (Wildman–Crippen LogP) is 1.65. The maximum absolute atomic E-state index is 13.0. The number of carbonyl (C=O) groups is 1. The Morgan fingerprint density at radius 3 is 2.88 bits per heavy atom. The Morgan fingerprint density at radius 1 is 1.47 bits per heavy atom. The Balaban J connectivity index is 2.36. The standard InChI is InChI=1S/C11H14ClFN2O2/c1-17-3-2-14-11(16)7-15-10-5-8(12)4-9(13)6-10/h4-6,15H,2-3,7H2,1H3,(H,14,16). The zero-order valence-corrected chi connectivity index (χ0v) is 10.2. The van der Waals surface area contributed by atoms with E-state index < -0.39 is 5.82 Å². The zero-order valence-electron chi connectivity index (χ0n) is 9.43. The van der Waals surface area contributed by atoms with Gasteiger partial charge in [-0.25, -0.2) is 4.39 Å². The van der Waals surface area contributed by atoms with Gasteiger partial charge in [0.2, 0.25) is 5.91 Å². The SMILES string of the molecule is COCCNC(=O)CNc1cc(F)cc(Cl)c1. The van der Waals surface area contributed by atoms with Crippen molar-refractivity contribution in [2.75, 3.05) is 32.1 Å². The number of hydrogen-bond acceptors (Lipinski definition) is 3. The lowest BCUT2D eigenvalue weighted by Gasteiger charge is -2.07. The van der Waals surface area contributed by atoms with Gasteiger partial charge < -0.3 is 15.4 Å². The lowest BCUT2D eigenvalue weighted by molar-refractivity contribution is -0.119. The molecule has 0 aliphatic carbocycles. The molecule has 0 radical (unpaired) electrons. The van der Waals surface area contributed by atoms with Gasteiger partial charge in [0, 0.05) is 24.4 Å². The molecule has 94 valence electrons. The molecule has 0 aliphatic heterocycles. The van der Waals surface area contributed by atoms with E-state index in [1.165, 1.54) is 12.1 Å². The van der Waals surface area contributed by atoms with Crippen molar-refractivity contribution in [3.8, 4) is 0 Å². The number of amides is 1. The lowest BCUT2D eigenvalue weighted by Crippen LogP contribution is -2.32. The monoisotopic (exact) mass is 260 g/mol. The van der Waals surface area contributed by atoms with E-state index in [0.717, 1.165) is 0 Å². The summed E-state index contributed by atoms with van der Waals surface area (Å²) in [5, 5.41) is 5.69. The van der Waals surface area contributed by atoms with Crippen LogP contribution in [0.3, 0.4) is 0 Å². The molecule has 0 aliphatic rings. The average molecular weight is 261 g/mol. The van der Waals surface area contributed by atoms with Crippen LogP contribution in [-0.2, 0) is 9.53 Å². The number of halogens is 2. The van der Waals surface area contributed by atoms with Crippen molar-refractivity contribution in [1.82, 2.24) is 5.32 Å². The van der Waals surface area contributed by atoms with Crippen molar-refractivity contribution in [3.63, 3.8) is 0 Å². The fraction of sp³-hybridized carbons (Fsp3) is 0.364. The summed E-state index contributed by atoms with van der Waals surface area (Å²) in [5.74, 6) is -0.637. The molecule has 0 heterocycles. The van der Waals surface area contributed by atoms with Crippen LogP contribution in [0.5, 0.6) is 0 Å². The van der Waals surface area contributed by atoms with Crippen molar-refractivity contribution < 1.29 is 13.9 Å². The molecule has 0 atom stereocenters. The van der Waals surface area contributed by atoms with Gasteiger partial charge in [-0.3, -0.25) is 4.79 Å². The highest BCUT2D eigenvalue weighted by Crippen LogP contribution is 2.17. The van der Waals surface area contributed by atoms with E-state index in [1.807, 2.05) is 0 Å². The highest BCUT2D eigenvalue weighted by molar-refractivity contribution is 6.30. The molecule has 0 spiro atoms. The van der Waals surface area contributed by atoms with E-state index in [4.69, 9.17) is 16.3 Å². The van der Waals surface area contributed by atoms with Crippen molar-refractivity contribution in [3.05, 3.63) is 29.0 Å². The minimum Gasteiger partial charge on any atom is -0.383 e. The second-order valence-electron chi connectivity index (χ2n) is 3.35. The van der Waals surface area contributed by atoms with E-state index in [0.29, 0.717) is 18.8 Å². The maximum atomic E-state index is 13.0. The largest absolute Gasteiger partial charge is 0.383 e. The molecule has 2 N–H and O–H groups in total. The fourth-order valence-corrected chi connectivity index (χ4v) is 1.42. The molecule has 6 heteroatoms. The molecule has 0 fully saturated rings. The topological polar surface area (TPSA) is 50.4 Å². The maximum Gasteiger partial charge on any atom is 0.239 e. The van der Waals surface area contributed by atoms with E-state index in [-0.39, 0.29) is 17.5 Å². The van der Waals surface area contributed by atoms with Gasteiger partial charge in [0.1, 0.15) is 5.82 Å². The quantitative estimate of drug-likeness (QED) is 0.765. The van der Waals surface area contributed by atoms with Crippen LogP contribution in [0.1, 0.15) is 0 Å². The first-order valence-corrected chi connectivity index (χ1v) is 5.45. The lowest BCUT2D eigenvalue weighted by atomic mass is 10.3. The third kappa shape index (κ3) is 5.51. The molecule has 0 unspecified atom stereocenters. The number of ether oxygens (including phenoxy) is 1. The first-order valence-electron chi connectivity index (χ1n) is 5.07. The van der Waals surface area contributed by atoms with Gasteiger partial charge in [0.05, 0.1) is 13.2 Å². The first-order chi connectivity index (χ1) is 8.11. The molecule has 4 nitrogen and oxygen atoms in total. The smallest absolute Gasteiger partial charge is 0.239 e. The van der Waals surface area contributed by atoms with Crippen LogP contribution >= 0.6 is 11.6 Å². The van der Waals surface area contributed by atoms with Gasteiger partial charge in [-0.15, -0.1) is 0 Å². The molecule has 1 amide bonds. The normalized spacial score (nSPS) is 10.1. The second kappa shape index (κ2) is 7.09. The van der Waals surface area contributed by atoms with Crippen molar-refractivity contribution >= 4 is 23.2 Å². The highest BCUT2D eigenvalue weighted by atomic mass is 35.5. The van der Waals surface area contributed by atoms with Crippen LogP contribution in [0.4, 0.5) is 10.1 Å². The zero-order chi connectivity index (χ0) is 12.7. The molecule has 0 bridgehead atoms. The third-order valence-electron chi connectivity index (χ3n) is 1.94. The molecular weight excluding hydrogens is 247 g/mol. The van der Waals surface area contributed by atoms with E-state index in [2.05, 4.69) is 10.6 Å². The summed E-state index contributed by atoms with van der Waals surface area (Å²) in [4.78, 5) is 11.3. The molecule has 0 saturated carbocycles. The van der Waals surface area contributed by atoms with Gasteiger partial charge in [-0.2, -0.15) is 0 Å². The number of hydrogen-bond donors (Lipinski definition) is 2. The highest BCUT2D eigenvalue weighted by Gasteiger charge is 2.02. The van der Waals surface area contributed by atoms with Gasteiger partial charge in [-0.1, -0.05) is 11.6 Å². The van der Waals surface area contributed by atoms with Crippen LogP contribution in [0.2, 0.25) is 5.02 Å². The van der Waals surface area contributed by atoms with Gasteiger partial charge in [0.15, 0.2) is 0 Å². The molecule has 0 saturated heterocycles. The number of carbonyl (C=O) groups excluding carboxylic acids is 1. The van der Waals surface area contributed by atoms with Crippen LogP contribution in [0, 0.1) is 5.82 Å². The molecule has 1 rings (SSSR count). The van der Waals surface area contributed by atoms with Crippen molar-refractivity contribution in [1.29, 1.82) is 0 Å². The first kappa shape index (κ1) is 13.7. The number of benzene rings is 1. The Bertz CT molecular complexity index is 367. The Hall–Kier alpha value is -1.33. The summed E-state index contributed by atoms with van der Waals surface area (Å²) in [6.45, 7) is 0.960. The number of anilines is 1. The summed E-state index contributed by atoms with van der Waals surface area (Å²) < 4.78 is 17.7. The molecular formula is C11H14ClFN2O2. The van der Waals surface area contributed by atoms with E-state index in [1.54, 1.807) is 13.2 Å². The van der Waals surface area contributed by atoms with Crippen LogP contribution in [0.25, 0.3) is 0 Å². The van der Waals surface area contributed by atoms with Crippen LogP contribution < -0.4 is 10.6 Å². The Morgan fingerprint density at radius 2 is 2.24 bits per heavy atom. The van der Waals surface area contributed by atoms with Crippen LogP contribution in [-0.4, -0.2) is 32.7 Å². The number of nitrogens with one attached hydrogen (secondary N) is 2. The summed E-state index contributed by atoms with van der Waals surface area (Å²) in [5.41, 5.74) is 0.469. The molecule has 1 aromatic carbocycles. The summed E-state index contributed by atoms with van der Waals surface area (Å²) in [7, 11) is 1.55. The third-order valence-corrected chi connectivity index (χ3v) is 2.16. The minimum atomic E-state index is -0.445. The minimum absolute atomic E-state index is 0.0590.